The molecular weight excluding hydrogens is 448 g/mol. The molecule has 3 aromatic rings. The first-order valence-corrected chi connectivity index (χ1v) is 10.6. The van der Waals surface area contributed by atoms with Gasteiger partial charge in [0.2, 0.25) is 0 Å². The molecule has 178 valence electrons. The molecule has 12 heteroatoms. The lowest BCUT2D eigenvalue weighted by molar-refractivity contribution is 0.0468. The van der Waals surface area contributed by atoms with E-state index >= 15 is 0 Å². The number of carbonyl (C=O) groups is 4. The van der Waals surface area contributed by atoms with E-state index in [2.05, 4.69) is 19.9 Å². The van der Waals surface area contributed by atoms with E-state index < -0.39 is 23.9 Å². The molecule has 0 N–H and O–H groups in total. The molecule has 2 aromatic heterocycles. The van der Waals surface area contributed by atoms with Crippen molar-refractivity contribution >= 4 is 45.9 Å². The highest BCUT2D eigenvalue weighted by Crippen LogP contribution is 2.22. The second-order valence-corrected chi connectivity index (χ2v) is 6.55. The fraction of sp³-hybridized carbons (Fsp3) is 0.364. The van der Waals surface area contributed by atoms with E-state index in [0.29, 0.717) is 0 Å². The Morgan fingerprint density at radius 3 is 0.882 bits per heavy atom. The van der Waals surface area contributed by atoms with E-state index in [1.807, 2.05) is 0 Å². The molecule has 3 rings (SSSR count). The van der Waals surface area contributed by atoms with Crippen molar-refractivity contribution in [3.8, 4) is 0 Å². The van der Waals surface area contributed by atoms with Crippen LogP contribution in [0.3, 0.4) is 0 Å². The minimum atomic E-state index is -0.851. The molecule has 34 heavy (non-hydrogen) atoms. The molecule has 0 unspecified atom stereocenters. The second-order valence-electron chi connectivity index (χ2n) is 6.55. The SMILES string of the molecule is CCOC(=O)c1nc2cc3nc(C(=O)OCC)c(C(=O)OCC)nc3cc2nc1C(=O)OCC. The van der Waals surface area contributed by atoms with Crippen molar-refractivity contribution in [2.75, 3.05) is 26.4 Å². The molecule has 2 heterocycles. The number of rotatable bonds is 8. The summed E-state index contributed by atoms with van der Waals surface area (Å²) >= 11 is 0. The molecule has 0 aliphatic heterocycles. The maximum atomic E-state index is 12.4. The van der Waals surface area contributed by atoms with Gasteiger partial charge in [0.1, 0.15) is 0 Å². The molecule has 0 saturated heterocycles. The maximum Gasteiger partial charge on any atom is 0.359 e. The third-order valence-electron chi connectivity index (χ3n) is 4.32. The summed E-state index contributed by atoms with van der Waals surface area (Å²) in [4.78, 5) is 66.5. The van der Waals surface area contributed by atoms with E-state index in [9.17, 15) is 19.2 Å². The summed E-state index contributed by atoms with van der Waals surface area (Å²) in [6.07, 6.45) is 0. The highest BCUT2D eigenvalue weighted by Gasteiger charge is 2.27. The zero-order valence-corrected chi connectivity index (χ0v) is 19.0. The predicted molar refractivity (Wildman–Crippen MR) is 116 cm³/mol. The Bertz CT molecular complexity index is 1100. The lowest BCUT2D eigenvalue weighted by atomic mass is 10.2. The van der Waals surface area contributed by atoms with Gasteiger partial charge in [0.05, 0.1) is 48.5 Å². The average molecular weight is 470 g/mol. The number of esters is 4. The molecule has 0 saturated carbocycles. The average Bonchev–Trinajstić information content (AvgIpc) is 2.81. The Kier molecular flexibility index (Phi) is 7.61. The fourth-order valence-electron chi connectivity index (χ4n) is 2.97. The number of hydrogen-bond acceptors (Lipinski definition) is 12. The monoisotopic (exact) mass is 470 g/mol. The molecule has 0 aliphatic rings. The Morgan fingerprint density at radius 2 is 0.706 bits per heavy atom. The largest absolute Gasteiger partial charge is 0.461 e. The van der Waals surface area contributed by atoms with Crippen molar-refractivity contribution in [3.05, 3.63) is 34.9 Å². The summed E-state index contributed by atoms with van der Waals surface area (Å²) in [6, 6.07) is 2.83. The lowest BCUT2D eigenvalue weighted by Gasteiger charge is -2.11. The highest BCUT2D eigenvalue weighted by molar-refractivity contribution is 6.05. The van der Waals surface area contributed by atoms with Gasteiger partial charge in [-0.1, -0.05) is 0 Å². The molecule has 0 bridgehead atoms. The Balaban J connectivity index is 2.28. The molecule has 0 radical (unpaired) electrons. The first kappa shape index (κ1) is 24.4. The molecule has 12 nitrogen and oxygen atoms in total. The van der Waals surface area contributed by atoms with E-state index in [4.69, 9.17) is 18.9 Å². The summed E-state index contributed by atoms with van der Waals surface area (Å²) < 4.78 is 19.9. The van der Waals surface area contributed by atoms with Gasteiger partial charge in [0, 0.05) is 0 Å². The van der Waals surface area contributed by atoms with Crippen LogP contribution < -0.4 is 0 Å². The molecule has 0 aliphatic carbocycles. The van der Waals surface area contributed by atoms with Crippen LogP contribution in [0.5, 0.6) is 0 Å². The topological polar surface area (TPSA) is 157 Å². The lowest BCUT2D eigenvalue weighted by Crippen LogP contribution is -2.19. The zero-order valence-electron chi connectivity index (χ0n) is 19.0. The van der Waals surface area contributed by atoms with E-state index in [0.717, 1.165) is 0 Å². The van der Waals surface area contributed by atoms with Crippen LogP contribution in [0.1, 0.15) is 69.6 Å². The van der Waals surface area contributed by atoms with E-state index in [1.54, 1.807) is 27.7 Å². The van der Waals surface area contributed by atoms with Crippen molar-refractivity contribution in [1.82, 2.24) is 19.9 Å². The first-order chi connectivity index (χ1) is 16.3. The van der Waals surface area contributed by atoms with Gasteiger partial charge >= 0.3 is 23.9 Å². The van der Waals surface area contributed by atoms with Crippen LogP contribution in [0.15, 0.2) is 12.1 Å². The normalized spacial score (nSPS) is 10.7. The summed E-state index contributed by atoms with van der Waals surface area (Å²) in [5.41, 5.74) is -0.591. The first-order valence-electron chi connectivity index (χ1n) is 10.6. The number of nitrogens with zero attached hydrogens (tertiary/aromatic N) is 4. The summed E-state index contributed by atoms with van der Waals surface area (Å²) in [5.74, 6) is -3.40. The van der Waals surface area contributed by atoms with Crippen molar-refractivity contribution < 1.29 is 38.1 Å². The standard InChI is InChI=1S/C22H22N4O8/c1-5-31-19(27)15-16(20(28)32-6-2)24-12-10-14-13(9-11(12)23-15)25-17(21(29)33-7-3)18(26-14)22(30)34-8-4/h9-10H,5-8H2,1-4H3. The highest BCUT2D eigenvalue weighted by atomic mass is 16.5. The predicted octanol–water partition coefficient (Wildman–Crippen LogP) is 2.28. The number of carbonyl (C=O) groups excluding carboxylic acids is 4. The minimum absolute atomic E-state index is 0.0591. The van der Waals surface area contributed by atoms with Gasteiger partial charge in [0.15, 0.2) is 22.8 Å². The molecular formula is C22H22N4O8. The van der Waals surface area contributed by atoms with Crippen LogP contribution >= 0.6 is 0 Å². The smallest absolute Gasteiger partial charge is 0.359 e. The van der Waals surface area contributed by atoms with E-state index in [1.165, 1.54) is 12.1 Å². The number of fused-ring (bicyclic) bond motifs is 2. The summed E-state index contributed by atoms with van der Waals surface area (Å²) in [7, 11) is 0. The van der Waals surface area contributed by atoms with Gasteiger partial charge in [-0.25, -0.2) is 39.1 Å². The molecule has 0 spiro atoms. The van der Waals surface area contributed by atoms with Gasteiger partial charge in [0.25, 0.3) is 0 Å². The molecule has 0 atom stereocenters. The quantitative estimate of drug-likeness (QED) is 0.269. The number of ether oxygens (including phenoxy) is 4. The maximum absolute atomic E-state index is 12.4. The van der Waals surface area contributed by atoms with Crippen molar-refractivity contribution in [2.45, 2.75) is 27.7 Å². The third kappa shape index (κ3) is 4.90. The van der Waals surface area contributed by atoms with Gasteiger partial charge in [-0.3, -0.25) is 0 Å². The van der Waals surface area contributed by atoms with Gasteiger partial charge in [-0.05, 0) is 39.8 Å². The summed E-state index contributed by atoms with van der Waals surface area (Å²) in [5, 5.41) is 0. The van der Waals surface area contributed by atoms with Crippen LogP contribution in [-0.4, -0.2) is 70.2 Å². The van der Waals surface area contributed by atoms with Crippen LogP contribution in [0.4, 0.5) is 0 Å². The van der Waals surface area contributed by atoms with Crippen LogP contribution in [0.25, 0.3) is 22.1 Å². The zero-order chi connectivity index (χ0) is 24.8. The number of hydrogen-bond donors (Lipinski definition) is 0. The number of aromatic nitrogens is 4. The third-order valence-corrected chi connectivity index (χ3v) is 4.32. The van der Waals surface area contributed by atoms with Crippen LogP contribution in [0, 0.1) is 0 Å². The second kappa shape index (κ2) is 10.6. The Hall–Kier alpha value is -4.22. The molecule has 0 amide bonds. The van der Waals surface area contributed by atoms with Gasteiger partial charge < -0.3 is 18.9 Å². The Morgan fingerprint density at radius 1 is 0.500 bits per heavy atom. The fourth-order valence-corrected chi connectivity index (χ4v) is 2.97. The van der Waals surface area contributed by atoms with Crippen LogP contribution in [0.2, 0.25) is 0 Å². The van der Waals surface area contributed by atoms with E-state index in [-0.39, 0.29) is 71.3 Å². The summed E-state index contributed by atoms with van der Waals surface area (Å²) in [6.45, 7) is 6.67. The Labute approximate surface area is 193 Å². The van der Waals surface area contributed by atoms with Gasteiger partial charge in [-0.2, -0.15) is 0 Å². The molecule has 0 fully saturated rings. The number of benzene rings is 1. The van der Waals surface area contributed by atoms with Crippen molar-refractivity contribution in [2.24, 2.45) is 0 Å². The van der Waals surface area contributed by atoms with Crippen molar-refractivity contribution in [1.29, 1.82) is 0 Å². The molecule has 1 aromatic carbocycles. The van der Waals surface area contributed by atoms with Gasteiger partial charge in [-0.15, -0.1) is 0 Å². The van der Waals surface area contributed by atoms with Crippen LogP contribution in [-0.2, 0) is 18.9 Å². The van der Waals surface area contributed by atoms with Crippen molar-refractivity contribution in [3.63, 3.8) is 0 Å². The minimum Gasteiger partial charge on any atom is -0.461 e.